The maximum atomic E-state index is 13.9. The number of aromatic nitrogens is 4. The summed E-state index contributed by atoms with van der Waals surface area (Å²) < 4.78 is 106. The van der Waals surface area contributed by atoms with Gasteiger partial charge in [-0.1, -0.05) is 13.0 Å². The minimum atomic E-state index is -4.64. The molecule has 0 radical (unpaired) electrons. The first kappa shape index (κ1) is 32.2. The van der Waals surface area contributed by atoms with E-state index in [1.54, 1.807) is 25.1 Å². The van der Waals surface area contributed by atoms with E-state index >= 15 is 0 Å². The Morgan fingerprint density at radius 3 is 2.37 bits per heavy atom. The van der Waals surface area contributed by atoms with Gasteiger partial charge in [0.1, 0.15) is 18.1 Å². The third-order valence-corrected chi connectivity index (χ3v) is 7.54. The van der Waals surface area contributed by atoms with Crippen LogP contribution in [0.2, 0.25) is 0 Å². The van der Waals surface area contributed by atoms with Gasteiger partial charge >= 0.3 is 12.4 Å². The maximum absolute atomic E-state index is 13.9. The van der Waals surface area contributed by atoms with Crippen LogP contribution in [-0.2, 0) is 11.3 Å². The molecule has 1 fully saturated rings. The van der Waals surface area contributed by atoms with E-state index in [1.807, 2.05) is 0 Å². The van der Waals surface area contributed by atoms with E-state index in [0.717, 1.165) is 19.2 Å². The van der Waals surface area contributed by atoms with Crippen molar-refractivity contribution in [1.82, 2.24) is 30.4 Å². The second-order valence-corrected chi connectivity index (χ2v) is 11.0. The Morgan fingerprint density at radius 1 is 1.07 bits per heavy atom. The van der Waals surface area contributed by atoms with Gasteiger partial charge in [-0.3, -0.25) is 14.3 Å². The van der Waals surface area contributed by atoms with Crippen molar-refractivity contribution in [2.75, 3.05) is 0 Å². The number of imidazole rings is 1. The molecule has 0 aliphatic heterocycles. The Hall–Kier alpha value is -3.72. The Bertz CT molecular complexity index is 1440. The van der Waals surface area contributed by atoms with Gasteiger partial charge in [-0.05, 0) is 49.4 Å². The molecule has 3 N–H and O–H groups in total. The van der Waals surface area contributed by atoms with Crippen molar-refractivity contribution in [3.63, 3.8) is 0 Å². The number of fused-ring (bicyclic) bond motifs is 1. The highest BCUT2D eigenvalue weighted by atomic mass is 19.4. The summed E-state index contributed by atoms with van der Waals surface area (Å²) in [6.07, 6.45) is -9.70. The smallest absolute Gasteiger partial charge is 0.350 e. The van der Waals surface area contributed by atoms with Crippen LogP contribution in [0.4, 0.5) is 35.1 Å². The minimum Gasteiger partial charge on any atom is -0.350 e. The zero-order valence-corrected chi connectivity index (χ0v) is 23.1. The van der Waals surface area contributed by atoms with Crippen molar-refractivity contribution in [3.05, 3.63) is 47.5 Å². The lowest BCUT2D eigenvalue weighted by atomic mass is 9.81. The molecule has 0 spiro atoms. The first-order valence-corrected chi connectivity index (χ1v) is 13.5. The van der Waals surface area contributed by atoms with Gasteiger partial charge < -0.3 is 15.6 Å². The Labute approximate surface area is 240 Å². The molecule has 0 unspecified atom stereocenters. The average Bonchev–Trinajstić information content (AvgIpc) is 3.52. The van der Waals surface area contributed by atoms with Gasteiger partial charge in [0.15, 0.2) is 0 Å². The number of carbonyl (C=O) groups excluding carboxylic acids is 2. The molecule has 2 heterocycles. The van der Waals surface area contributed by atoms with Crippen molar-refractivity contribution in [2.45, 2.75) is 82.9 Å². The number of hydrogen-bond donors (Lipinski definition) is 3. The molecule has 0 bridgehead atoms. The lowest BCUT2D eigenvalue weighted by Crippen LogP contribution is -2.38. The van der Waals surface area contributed by atoms with Crippen molar-refractivity contribution >= 4 is 22.8 Å². The standard InChI is InChI=1S/C27H30F8N6O2/c1-14(27(33,34)35)11-21(42)37-15(2)17-3-4-18-19(12-17)39-23(38-18)22(16-5-8-25(28,29)9-6-16)40-24(43)20-7-10-36-41(20)13-26(30,31)32/h3-4,7,10,12,14-16,22H,5-6,8-9,11,13H2,1-2H3,(H,37,42)(H,38,39)(H,40,43)/t14-,15-,22+/m1/s1. The molecular formula is C27H30F8N6O2. The number of nitrogens with one attached hydrogen (secondary N) is 3. The molecule has 1 aliphatic carbocycles. The van der Waals surface area contributed by atoms with Crippen LogP contribution in [0.5, 0.6) is 0 Å². The van der Waals surface area contributed by atoms with E-state index in [4.69, 9.17) is 0 Å². The Morgan fingerprint density at radius 2 is 1.74 bits per heavy atom. The van der Waals surface area contributed by atoms with E-state index in [9.17, 15) is 44.7 Å². The van der Waals surface area contributed by atoms with Crippen LogP contribution in [0.25, 0.3) is 11.0 Å². The Kier molecular flexibility index (Phi) is 9.07. The van der Waals surface area contributed by atoms with Crippen LogP contribution in [0, 0.1) is 11.8 Å². The maximum Gasteiger partial charge on any atom is 0.408 e. The average molecular weight is 623 g/mol. The first-order chi connectivity index (χ1) is 19.9. The van der Waals surface area contributed by atoms with Gasteiger partial charge in [0, 0.05) is 25.5 Å². The summed E-state index contributed by atoms with van der Waals surface area (Å²) in [5.74, 6) is -6.71. The molecular weight excluding hydrogens is 592 g/mol. The van der Waals surface area contributed by atoms with Gasteiger partial charge in [-0.2, -0.15) is 31.4 Å². The molecule has 236 valence electrons. The molecule has 2 amide bonds. The predicted molar refractivity (Wildman–Crippen MR) is 138 cm³/mol. The summed E-state index contributed by atoms with van der Waals surface area (Å²) in [7, 11) is 0. The quantitative estimate of drug-likeness (QED) is 0.241. The largest absolute Gasteiger partial charge is 0.408 e. The number of halogens is 8. The van der Waals surface area contributed by atoms with Crippen molar-refractivity contribution in [3.8, 4) is 0 Å². The van der Waals surface area contributed by atoms with E-state index in [0.29, 0.717) is 21.3 Å². The molecule has 2 aromatic heterocycles. The number of aromatic amines is 1. The number of carbonyl (C=O) groups is 2. The molecule has 0 saturated heterocycles. The topological polar surface area (TPSA) is 105 Å². The van der Waals surface area contributed by atoms with Crippen LogP contribution in [0.1, 0.15) is 79.9 Å². The summed E-state index contributed by atoms with van der Waals surface area (Å²) >= 11 is 0. The highest BCUT2D eigenvalue weighted by molar-refractivity contribution is 5.92. The SMILES string of the molecule is C[C@H](CC(=O)N[C@H](C)c1ccc2nc([C@@H](NC(=O)c3ccnn3CC(F)(F)F)C3CCC(F)(F)CC3)[nH]c2c1)C(F)(F)F. The van der Waals surface area contributed by atoms with Gasteiger partial charge in [-0.25, -0.2) is 13.8 Å². The number of alkyl halides is 8. The van der Waals surface area contributed by atoms with E-state index in [1.165, 1.54) is 0 Å². The monoisotopic (exact) mass is 622 g/mol. The van der Waals surface area contributed by atoms with Gasteiger partial charge in [0.05, 0.1) is 29.0 Å². The number of H-pyrrole nitrogens is 1. The highest BCUT2D eigenvalue weighted by Gasteiger charge is 2.40. The molecule has 1 aliphatic rings. The molecule has 43 heavy (non-hydrogen) atoms. The van der Waals surface area contributed by atoms with Crippen molar-refractivity contribution < 1.29 is 44.7 Å². The zero-order valence-electron chi connectivity index (χ0n) is 23.1. The van der Waals surface area contributed by atoms with Crippen LogP contribution < -0.4 is 10.6 Å². The summed E-state index contributed by atoms with van der Waals surface area (Å²) in [5, 5.41) is 8.76. The third kappa shape index (κ3) is 8.22. The molecule has 8 nitrogen and oxygen atoms in total. The van der Waals surface area contributed by atoms with Gasteiger partial charge in [-0.15, -0.1) is 0 Å². The number of hydrogen-bond acceptors (Lipinski definition) is 4. The van der Waals surface area contributed by atoms with Crippen LogP contribution in [-0.4, -0.2) is 49.8 Å². The lowest BCUT2D eigenvalue weighted by molar-refractivity contribution is -0.174. The second-order valence-electron chi connectivity index (χ2n) is 11.0. The predicted octanol–water partition coefficient (Wildman–Crippen LogP) is 6.38. The number of nitrogens with zero attached hydrogens (tertiary/aromatic N) is 3. The van der Waals surface area contributed by atoms with E-state index in [2.05, 4.69) is 25.7 Å². The number of benzene rings is 1. The summed E-state index contributed by atoms with van der Waals surface area (Å²) in [6, 6.07) is 4.27. The third-order valence-electron chi connectivity index (χ3n) is 7.54. The van der Waals surface area contributed by atoms with Gasteiger partial charge in [0.2, 0.25) is 11.8 Å². The molecule has 3 atom stereocenters. The minimum absolute atomic E-state index is 0.0153. The molecule has 1 aromatic carbocycles. The van der Waals surface area contributed by atoms with Gasteiger partial charge in [0.25, 0.3) is 5.91 Å². The fourth-order valence-corrected chi connectivity index (χ4v) is 5.08. The lowest BCUT2D eigenvalue weighted by Gasteiger charge is -2.33. The zero-order chi connectivity index (χ0) is 31.7. The van der Waals surface area contributed by atoms with Crippen molar-refractivity contribution in [1.29, 1.82) is 0 Å². The van der Waals surface area contributed by atoms with Crippen LogP contribution in [0.15, 0.2) is 30.5 Å². The van der Waals surface area contributed by atoms with E-state index < -0.39 is 79.8 Å². The van der Waals surface area contributed by atoms with Crippen molar-refractivity contribution in [2.24, 2.45) is 11.8 Å². The second kappa shape index (κ2) is 12.1. The molecule has 16 heteroatoms. The normalized spacial score (nSPS) is 18.3. The summed E-state index contributed by atoms with van der Waals surface area (Å²) in [5.41, 5.74) is 1.00. The molecule has 4 rings (SSSR count). The fourth-order valence-electron chi connectivity index (χ4n) is 5.08. The van der Waals surface area contributed by atoms with E-state index in [-0.39, 0.29) is 24.4 Å². The van der Waals surface area contributed by atoms with Crippen LogP contribution >= 0.6 is 0 Å². The highest BCUT2D eigenvalue weighted by Crippen LogP contribution is 2.41. The fraction of sp³-hybridized carbons (Fsp3) is 0.556. The Balaban J connectivity index is 1.57. The summed E-state index contributed by atoms with van der Waals surface area (Å²) in [4.78, 5) is 32.8. The summed E-state index contributed by atoms with van der Waals surface area (Å²) in [6.45, 7) is 0.999. The first-order valence-electron chi connectivity index (χ1n) is 13.5. The van der Waals surface area contributed by atoms with Crippen LogP contribution in [0.3, 0.4) is 0 Å². The number of rotatable bonds is 9. The molecule has 3 aromatic rings. The molecule has 1 saturated carbocycles. The number of amides is 2.